The van der Waals surface area contributed by atoms with Gasteiger partial charge in [-0.2, -0.15) is 11.8 Å². The molecule has 2 saturated heterocycles. The highest BCUT2D eigenvalue weighted by molar-refractivity contribution is 7.99. The molecule has 0 bridgehead atoms. The van der Waals surface area contributed by atoms with Crippen LogP contribution < -0.4 is 20.1 Å². The maximum Gasteiger partial charge on any atom is 0.256 e. The summed E-state index contributed by atoms with van der Waals surface area (Å²) in [7, 11) is 1.55. The molecule has 0 radical (unpaired) electrons. The third-order valence-corrected chi connectivity index (χ3v) is 11.5. The van der Waals surface area contributed by atoms with Crippen molar-refractivity contribution >= 4 is 58.0 Å². The molecule has 12 heteroatoms. The molecule has 3 aromatic rings. The summed E-state index contributed by atoms with van der Waals surface area (Å²) in [5.74, 6) is 4.11. The van der Waals surface area contributed by atoms with E-state index in [9.17, 15) is 14.4 Å². The maximum atomic E-state index is 13.3. The second-order valence-electron chi connectivity index (χ2n) is 14.1. The highest BCUT2D eigenvalue weighted by Crippen LogP contribution is 2.40. The summed E-state index contributed by atoms with van der Waals surface area (Å²) in [6.45, 7) is 6.05. The Morgan fingerprint density at radius 2 is 1.88 bits per heavy atom. The summed E-state index contributed by atoms with van der Waals surface area (Å²) in [6.07, 6.45) is 7.54. The Hall–Kier alpha value is -4.03. The molecule has 2 aromatic carbocycles. The molecule has 266 valence electrons. The van der Waals surface area contributed by atoms with Crippen LogP contribution >= 0.6 is 11.8 Å². The van der Waals surface area contributed by atoms with E-state index in [1.807, 2.05) is 48.0 Å². The molecule has 0 unspecified atom stereocenters. The third kappa shape index (κ3) is 7.66. The summed E-state index contributed by atoms with van der Waals surface area (Å²) >= 11 is 2.00. The van der Waals surface area contributed by atoms with Gasteiger partial charge in [-0.3, -0.25) is 24.3 Å². The number of carbonyl (C=O) groups is 3. The van der Waals surface area contributed by atoms with Crippen molar-refractivity contribution < 1.29 is 28.3 Å². The molecular weight excluding hydrogens is 655 g/mol. The van der Waals surface area contributed by atoms with Crippen molar-refractivity contribution in [1.29, 1.82) is 0 Å². The Bertz CT molecular complexity index is 1760. The average Bonchev–Trinajstić information content (AvgIpc) is 3.69. The first-order chi connectivity index (χ1) is 24.3. The first kappa shape index (κ1) is 34.4. The molecule has 1 saturated carbocycles. The summed E-state index contributed by atoms with van der Waals surface area (Å²) in [5.41, 5.74) is 2.23. The Morgan fingerprint density at radius 1 is 1.06 bits per heavy atom. The Kier molecular flexibility index (Phi) is 10.4. The zero-order valence-corrected chi connectivity index (χ0v) is 29.8. The number of hydrogen-bond donors (Lipinski definition) is 2. The summed E-state index contributed by atoms with van der Waals surface area (Å²) in [5, 5.41) is 7.28. The molecule has 1 aromatic heterocycles. The van der Waals surface area contributed by atoms with Crippen LogP contribution in [-0.4, -0.2) is 90.2 Å². The summed E-state index contributed by atoms with van der Waals surface area (Å²) < 4.78 is 17.7. The van der Waals surface area contributed by atoms with Crippen LogP contribution in [0.1, 0.15) is 74.4 Å². The molecule has 4 heterocycles. The van der Waals surface area contributed by atoms with Gasteiger partial charge in [0.05, 0.1) is 37.1 Å². The molecule has 4 aliphatic rings. The molecule has 3 fully saturated rings. The number of nitrogens with zero attached hydrogens (tertiary/aromatic N) is 3. The second kappa shape index (κ2) is 15.1. The number of ether oxygens (including phenoxy) is 2. The fourth-order valence-corrected chi connectivity index (χ4v) is 8.57. The number of thioether (sulfide) groups is 1. The van der Waals surface area contributed by atoms with Crippen molar-refractivity contribution in [2.75, 3.05) is 50.2 Å². The molecule has 7 rings (SSSR count). The van der Waals surface area contributed by atoms with Gasteiger partial charge in [-0.1, -0.05) is 0 Å². The first-order valence-electron chi connectivity index (χ1n) is 17.9. The van der Waals surface area contributed by atoms with Crippen molar-refractivity contribution in [3.8, 4) is 11.5 Å². The smallest absolute Gasteiger partial charge is 0.256 e. The predicted molar refractivity (Wildman–Crippen MR) is 196 cm³/mol. The van der Waals surface area contributed by atoms with E-state index in [4.69, 9.17) is 13.9 Å². The van der Waals surface area contributed by atoms with Gasteiger partial charge >= 0.3 is 0 Å². The third-order valence-electron chi connectivity index (χ3n) is 10.5. The number of amides is 3. The number of fused-ring (bicyclic) bond motifs is 3. The molecule has 1 aliphatic carbocycles. The number of rotatable bonds is 11. The molecule has 3 amide bonds. The zero-order valence-electron chi connectivity index (χ0n) is 29.0. The van der Waals surface area contributed by atoms with E-state index in [0.717, 1.165) is 92.1 Å². The zero-order chi connectivity index (χ0) is 34.7. The normalized spacial score (nSPS) is 23.6. The van der Waals surface area contributed by atoms with E-state index in [0.29, 0.717) is 48.7 Å². The Labute approximate surface area is 297 Å². The number of aliphatic imine (C=N–C) groups is 1. The van der Waals surface area contributed by atoms with E-state index in [-0.39, 0.29) is 35.2 Å². The number of furan rings is 1. The minimum atomic E-state index is -0.379. The first-order valence-corrected chi connectivity index (χ1v) is 19.1. The summed E-state index contributed by atoms with van der Waals surface area (Å²) in [6, 6.07) is 11.5. The van der Waals surface area contributed by atoms with Gasteiger partial charge in [-0.15, -0.1) is 0 Å². The van der Waals surface area contributed by atoms with Crippen LogP contribution in [0.4, 0.5) is 11.4 Å². The van der Waals surface area contributed by atoms with Gasteiger partial charge in [0, 0.05) is 78.9 Å². The topological polar surface area (TPSA) is 126 Å². The SMILES string of the molecule is COc1cc2c(cc1OCCCC(=O)NC1CCC(C(=O)Nc3ccc4cc(CN5CCSCC5)oc4c3)CC1)N=C[C@]1(C)CCCN1C2=O. The highest BCUT2D eigenvalue weighted by Gasteiger charge is 2.41. The van der Waals surface area contributed by atoms with E-state index in [1.165, 1.54) is 0 Å². The Balaban J connectivity index is 0.838. The van der Waals surface area contributed by atoms with Gasteiger partial charge in [-0.25, -0.2) is 0 Å². The van der Waals surface area contributed by atoms with Crippen LogP contribution in [0.2, 0.25) is 0 Å². The standard InChI is InChI=1S/C38H47N5O6S/c1-38-12-4-13-43(38)37(46)30-21-33(47-2)34(22-31(30)39-24-38)48-16-3-5-35(44)40-27-9-6-25(7-10-27)36(45)41-28-11-8-26-19-29(49-32(26)20-28)23-42-14-17-50-18-15-42/h8,11,19-22,24-25,27H,3-7,9-10,12-18,23H2,1-2H3,(H,40,44)(H,41,45)/t25?,27?,38-/m0/s1. The maximum absolute atomic E-state index is 13.3. The molecule has 3 aliphatic heterocycles. The largest absolute Gasteiger partial charge is 0.493 e. The van der Waals surface area contributed by atoms with E-state index in [2.05, 4.69) is 26.6 Å². The van der Waals surface area contributed by atoms with Crippen LogP contribution in [0.25, 0.3) is 11.0 Å². The van der Waals surface area contributed by atoms with Gasteiger partial charge in [-0.05, 0) is 76.1 Å². The van der Waals surface area contributed by atoms with Crippen LogP contribution in [-0.2, 0) is 16.1 Å². The fourth-order valence-electron chi connectivity index (χ4n) is 7.59. The molecule has 1 atom stereocenters. The lowest BCUT2D eigenvalue weighted by Gasteiger charge is -2.30. The average molecular weight is 702 g/mol. The minimum absolute atomic E-state index is 0.0155. The number of hydrogen-bond acceptors (Lipinski definition) is 9. The van der Waals surface area contributed by atoms with Crippen molar-refractivity contribution in [3.63, 3.8) is 0 Å². The van der Waals surface area contributed by atoms with Crippen LogP contribution in [0.3, 0.4) is 0 Å². The molecule has 11 nitrogen and oxygen atoms in total. The fraction of sp³-hybridized carbons (Fsp3) is 0.526. The molecule has 0 spiro atoms. The monoisotopic (exact) mass is 701 g/mol. The molecule has 50 heavy (non-hydrogen) atoms. The van der Waals surface area contributed by atoms with Gasteiger partial charge in [0.25, 0.3) is 5.91 Å². The molecule has 2 N–H and O–H groups in total. The summed E-state index contributed by atoms with van der Waals surface area (Å²) in [4.78, 5) is 48.1. The van der Waals surface area contributed by atoms with Crippen LogP contribution in [0.5, 0.6) is 11.5 Å². The van der Waals surface area contributed by atoms with E-state index >= 15 is 0 Å². The lowest BCUT2D eigenvalue weighted by molar-refractivity contribution is -0.122. The van der Waals surface area contributed by atoms with Gasteiger partial charge in [0.15, 0.2) is 11.5 Å². The number of carbonyl (C=O) groups excluding carboxylic acids is 3. The lowest BCUT2D eigenvalue weighted by Crippen LogP contribution is -2.45. The molecular formula is C38H47N5O6S. The highest BCUT2D eigenvalue weighted by atomic mass is 32.2. The van der Waals surface area contributed by atoms with Crippen molar-refractivity contribution in [1.82, 2.24) is 15.1 Å². The van der Waals surface area contributed by atoms with Gasteiger partial charge in [0.1, 0.15) is 11.3 Å². The quantitative estimate of drug-likeness (QED) is 0.228. The van der Waals surface area contributed by atoms with Crippen molar-refractivity contribution in [3.05, 3.63) is 47.7 Å². The lowest BCUT2D eigenvalue weighted by atomic mass is 9.85. The Morgan fingerprint density at radius 3 is 2.68 bits per heavy atom. The van der Waals surface area contributed by atoms with Crippen molar-refractivity contribution in [2.45, 2.75) is 76.4 Å². The number of methoxy groups -OCH3 is 1. The van der Waals surface area contributed by atoms with Crippen molar-refractivity contribution in [2.24, 2.45) is 10.9 Å². The van der Waals surface area contributed by atoms with Gasteiger partial charge in [0.2, 0.25) is 11.8 Å². The van der Waals surface area contributed by atoms with Crippen LogP contribution in [0.15, 0.2) is 45.8 Å². The van der Waals surface area contributed by atoms with Gasteiger partial charge < -0.3 is 29.4 Å². The van der Waals surface area contributed by atoms with Crippen LogP contribution in [0, 0.1) is 5.92 Å². The minimum Gasteiger partial charge on any atom is -0.493 e. The number of nitrogens with one attached hydrogen (secondary N) is 2. The predicted octanol–water partition coefficient (Wildman–Crippen LogP) is 6.17. The van der Waals surface area contributed by atoms with E-state index in [1.54, 1.807) is 19.2 Å². The number of benzene rings is 2. The second-order valence-corrected chi connectivity index (χ2v) is 15.3. The number of anilines is 1. The van der Waals surface area contributed by atoms with E-state index < -0.39 is 0 Å².